The summed E-state index contributed by atoms with van der Waals surface area (Å²) in [5.41, 5.74) is 1.09. The molecule has 0 saturated carbocycles. The van der Waals surface area contributed by atoms with Crippen LogP contribution in [0.1, 0.15) is 37.3 Å². The molecule has 0 amide bonds. The van der Waals surface area contributed by atoms with Crippen LogP contribution < -0.4 is 10.1 Å². The second kappa shape index (κ2) is 6.74. The summed E-state index contributed by atoms with van der Waals surface area (Å²) in [6.45, 7) is 2.91. The average molecular weight is 329 g/mol. The van der Waals surface area contributed by atoms with Gasteiger partial charge in [0, 0.05) is 35.6 Å². The molecule has 2 heterocycles. The van der Waals surface area contributed by atoms with Crippen LogP contribution in [-0.4, -0.2) is 37.7 Å². The molecule has 1 aromatic carbocycles. The van der Waals surface area contributed by atoms with Crippen molar-refractivity contribution in [3.8, 4) is 5.75 Å². The van der Waals surface area contributed by atoms with Crippen molar-refractivity contribution in [2.75, 3.05) is 26.7 Å². The molecule has 1 fully saturated rings. The van der Waals surface area contributed by atoms with Gasteiger partial charge in [0.2, 0.25) is 0 Å². The van der Waals surface area contributed by atoms with Crippen LogP contribution in [0.15, 0.2) is 12.1 Å². The summed E-state index contributed by atoms with van der Waals surface area (Å²) >= 11 is 12.4. The number of hydrogen-bond acceptors (Lipinski definition) is 3. The van der Waals surface area contributed by atoms with E-state index in [1.165, 1.54) is 25.8 Å². The number of nitrogens with one attached hydrogen (secondary N) is 1. The fourth-order valence-electron chi connectivity index (χ4n) is 3.32. The third-order valence-electron chi connectivity index (χ3n) is 4.59. The minimum absolute atomic E-state index is 0.278. The van der Waals surface area contributed by atoms with Gasteiger partial charge in [0.25, 0.3) is 0 Å². The largest absolute Gasteiger partial charge is 0.492 e. The number of piperidine rings is 1. The van der Waals surface area contributed by atoms with Gasteiger partial charge in [-0.2, -0.15) is 0 Å². The minimum Gasteiger partial charge on any atom is -0.492 e. The van der Waals surface area contributed by atoms with Crippen molar-refractivity contribution in [1.29, 1.82) is 0 Å². The predicted octanol–water partition coefficient (Wildman–Crippen LogP) is 3.89. The van der Waals surface area contributed by atoms with E-state index in [9.17, 15) is 0 Å². The second-order valence-corrected chi connectivity index (χ2v) is 6.88. The maximum Gasteiger partial charge on any atom is 0.142 e. The number of nitrogens with zero attached hydrogens (tertiary/aromatic N) is 1. The van der Waals surface area contributed by atoms with E-state index in [0.29, 0.717) is 22.7 Å². The first-order valence-electron chi connectivity index (χ1n) is 7.70. The third-order valence-corrected chi connectivity index (χ3v) is 5.09. The van der Waals surface area contributed by atoms with Gasteiger partial charge in [-0.05, 0) is 38.6 Å². The maximum atomic E-state index is 6.24. The highest BCUT2D eigenvalue weighted by Gasteiger charge is 2.26. The monoisotopic (exact) mass is 328 g/mol. The molecule has 1 saturated heterocycles. The molecule has 5 heteroatoms. The minimum atomic E-state index is 0.278. The van der Waals surface area contributed by atoms with E-state index in [0.717, 1.165) is 24.3 Å². The number of halogens is 2. The Hall–Kier alpha value is -0.480. The van der Waals surface area contributed by atoms with Crippen LogP contribution in [0.25, 0.3) is 0 Å². The van der Waals surface area contributed by atoms with E-state index in [1.54, 1.807) is 6.07 Å². The highest BCUT2D eigenvalue weighted by atomic mass is 35.5. The molecule has 116 valence electrons. The molecule has 0 aromatic heterocycles. The van der Waals surface area contributed by atoms with Crippen LogP contribution >= 0.6 is 23.2 Å². The Kier molecular flexibility index (Phi) is 4.95. The molecule has 2 unspecified atom stereocenters. The van der Waals surface area contributed by atoms with Crippen molar-refractivity contribution in [2.24, 2.45) is 0 Å². The lowest BCUT2D eigenvalue weighted by molar-refractivity contribution is 0.171. The molecule has 3 nitrogen and oxygen atoms in total. The van der Waals surface area contributed by atoms with Crippen molar-refractivity contribution in [3.05, 3.63) is 27.7 Å². The first kappa shape index (κ1) is 15.4. The fourth-order valence-corrected chi connectivity index (χ4v) is 3.88. The molecule has 1 N–H and O–H groups in total. The number of likely N-dealkylation sites (N-methyl/N-ethyl adjacent to an activating group) is 1. The first-order chi connectivity index (χ1) is 10.1. The summed E-state index contributed by atoms with van der Waals surface area (Å²) in [4.78, 5) is 2.46. The molecule has 21 heavy (non-hydrogen) atoms. The molecule has 0 spiro atoms. The first-order valence-corrected chi connectivity index (χ1v) is 8.46. The molecule has 2 aliphatic rings. The predicted molar refractivity (Wildman–Crippen MR) is 87.6 cm³/mol. The standard InChI is InChI=1S/C16H22Cl2N2O/c1-20-6-3-2-4-12(20)10-19-15-5-7-21-16-13(15)8-11(17)9-14(16)18/h8-9,12,15,19H,2-7,10H2,1H3. The zero-order valence-corrected chi connectivity index (χ0v) is 13.9. The number of hydrogen-bond donors (Lipinski definition) is 1. The van der Waals surface area contributed by atoms with Crippen LogP contribution in [-0.2, 0) is 0 Å². The molecule has 1 aromatic rings. The zero-order chi connectivity index (χ0) is 14.8. The molecule has 2 atom stereocenters. The van der Waals surface area contributed by atoms with Crippen LogP contribution in [0.3, 0.4) is 0 Å². The lowest BCUT2D eigenvalue weighted by atomic mass is 9.98. The van der Waals surface area contributed by atoms with Gasteiger partial charge in [-0.3, -0.25) is 0 Å². The van der Waals surface area contributed by atoms with Gasteiger partial charge >= 0.3 is 0 Å². The second-order valence-electron chi connectivity index (χ2n) is 6.03. The lowest BCUT2D eigenvalue weighted by Gasteiger charge is -2.35. The Morgan fingerprint density at radius 2 is 2.14 bits per heavy atom. The summed E-state index contributed by atoms with van der Waals surface area (Å²) in [6, 6.07) is 4.63. The quantitative estimate of drug-likeness (QED) is 0.910. The topological polar surface area (TPSA) is 24.5 Å². The van der Waals surface area contributed by atoms with Crippen LogP contribution in [0.4, 0.5) is 0 Å². The highest BCUT2D eigenvalue weighted by molar-refractivity contribution is 6.35. The summed E-state index contributed by atoms with van der Waals surface area (Å²) in [5.74, 6) is 0.793. The summed E-state index contributed by atoms with van der Waals surface area (Å²) in [6.07, 6.45) is 4.88. The average Bonchev–Trinajstić information content (AvgIpc) is 2.46. The van der Waals surface area contributed by atoms with Crippen molar-refractivity contribution in [2.45, 2.75) is 37.8 Å². The van der Waals surface area contributed by atoms with Gasteiger partial charge in [-0.25, -0.2) is 0 Å². The van der Waals surface area contributed by atoms with E-state index >= 15 is 0 Å². The molecular formula is C16H22Cl2N2O. The van der Waals surface area contributed by atoms with E-state index in [2.05, 4.69) is 17.3 Å². The van der Waals surface area contributed by atoms with E-state index < -0.39 is 0 Å². The van der Waals surface area contributed by atoms with Gasteiger partial charge in [-0.15, -0.1) is 0 Å². The smallest absolute Gasteiger partial charge is 0.142 e. The normalized spacial score (nSPS) is 26.2. The Labute approximate surface area is 136 Å². The molecular weight excluding hydrogens is 307 g/mol. The molecule has 3 rings (SSSR count). The molecule has 0 aliphatic carbocycles. The number of ether oxygens (including phenoxy) is 1. The molecule has 0 bridgehead atoms. The van der Waals surface area contributed by atoms with Crippen molar-refractivity contribution < 1.29 is 4.74 Å². The van der Waals surface area contributed by atoms with Crippen molar-refractivity contribution in [3.63, 3.8) is 0 Å². The third kappa shape index (κ3) is 3.48. The maximum absolute atomic E-state index is 6.24. The Balaban J connectivity index is 1.70. The number of fused-ring (bicyclic) bond motifs is 1. The van der Waals surface area contributed by atoms with Gasteiger partial charge in [0.15, 0.2) is 0 Å². The van der Waals surface area contributed by atoms with E-state index in [4.69, 9.17) is 27.9 Å². The lowest BCUT2D eigenvalue weighted by Crippen LogP contribution is -2.44. The van der Waals surface area contributed by atoms with E-state index in [-0.39, 0.29) is 6.04 Å². The van der Waals surface area contributed by atoms with Gasteiger partial charge in [-0.1, -0.05) is 29.6 Å². The number of benzene rings is 1. The molecule has 0 radical (unpaired) electrons. The SMILES string of the molecule is CN1CCCCC1CNC1CCOc2c(Cl)cc(Cl)cc21. The van der Waals surface area contributed by atoms with Gasteiger partial charge in [0.05, 0.1) is 11.6 Å². The summed E-state index contributed by atoms with van der Waals surface area (Å²) in [5, 5.41) is 4.98. The summed E-state index contributed by atoms with van der Waals surface area (Å²) < 4.78 is 5.71. The summed E-state index contributed by atoms with van der Waals surface area (Å²) in [7, 11) is 2.22. The van der Waals surface area contributed by atoms with Crippen molar-refractivity contribution >= 4 is 23.2 Å². The molecule has 2 aliphatic heterocycles. The number of rotatable bonds is 3. The fraction of sp³-hybridized carbons (Fsp3) is 0.625. The Morgan fingerprint density at radius 3 is 2.95 bits per heavy atom. The zero-order valence-electron chi connectivity index (χ0n) is 12.4. The van der Waals surface area contributed by atoms with Gasteiger partial charge < -0.3 is 15.0 Å². The van der Waals surface area contributed by atoms with Gasteiger partial charge in [0.1, 0.15) is 5.75 Å². The van der Waals surface area contributed by atoms with E-state index in [1.807, 2.05) is 6.07 Å². The number of likely N-dealkylation sites (tertiary alicyclic amines) is 1. The van der Waals surface area contributed by atoms with Crippen LogP contribution in [0.2, 0.25) is 10.0 Å². The van der Waals surface area contributed by atoms with Crippen molar-refractivity contribution in [1.82, 2.24) is 10.2 Å². The Morgan fingerprint density at radius 1 is 1.29 bits per heavy atom. The van der Waals surface area contributed by atoms with Crippen LogP contribution in [0.5, 0.6) is 5.75 Å². The Bertz CT molecular complexity index is 509. The highest BCUT2D eigenvalue weighted by Crippen LogP contribution is 2.39. The van der Waals surface area contributed by atoms with Crippen LogP contribution in [0, 0.1) is 0 Å².